The van der Waals surface area contributed by atoms with E-state index in [1.54, 1.807) is 0 Å². The quantitative estimate of drug-likeness (QED) is 0.633. The molecule has 0 spiro atoms. The largest absolute Gasteiger partial charge is 0.369 e. The van der Waals surface area contributed by atoms with Gasteiger partial charge in [0.2, 0.25) is 6.43 Å². The Morgan fingerprint density at radius 2 is 1.23 bits per heavy atom. The Morgan fingerprint density at radius 3 is 1.46 bits per heavy atom. The summed E-state index contributed by atoms with van der Waals surface area (Å²) in [5, 5.41) is 0. The second-order valence-corrected chi connectivity index (χ2v) is 2.22. The minimum Gasteiger partial charge on any atom is -0.210 e. The third-order valence-corrected chi connectivity index (χ3v) is 1.17. The zero-order valence-corrected chi connectivity index (χ0v) is 5.89. The predicted octanol–water partition coefficient (Wildman–Crippen LogP) is 3.18. The highest BCUT2D eigenvalue weighted by Crippen LogP contribution is 2.42. The maximum Gasteiger partial charge on any atom is 0.369 e. The first-order chi connectivity index (χ1) is 5.61. The standard InChI is InChI=1S/C5H4F8/c6-2(7)1-4(10,11)5(12,13)3(8)9/h2-3H,1H2. The van der Waals surface area contributed by atoms with Crippen molar-refractivity contribution < 1.29 is 35.1 Å². The highest BCUT2D eigenvalue weighted by Gasteiger charge is 2.63. The highest BCUT2D eigenvalue weighted by molar-refractivity contribution is 4.87. The summed E-state index contributed by atoms with van der Waals surface area (Å²) < 4.78 is 92.8. The van der Waals surface area contributed by atoms with Crippen LogP contribution < -0.4 is 0 Å². The SMILES string of the molecule is FC(F)CC(F)(F)C(F)(F)C(F)F. The third-order valence-electron chi connectivity index (χ3n) is 1.17. The Bertz CT molecular complexity index is 162. The molecule has 0 amide bonds. The van der Waals surface area contributed by atoms with E-state index in [-0.39, 0.29) is 0 Å². The fraction of sp³-hybridized carbons (Fsp3) is 1.00. The Balaban J connectivity index is 4.60. The second-order valence-electron chi connectivity index (χ2n) is 2.22. The van der Waals surface area contributed by atoms with Gasteiger partial charge in [-0.05, 0) is 0 Å². The highest BCUT2D eigenvalue weighted by atomic mass is 19.3. The van der Waals surface area contributed by atoms with Gasteiger partial charge in [0.15, 0.2) is 0 Å². The maximum atomic E-state index is 12.0. The lowest BCUT2D eigenvalue weighted by molar-refractivity contribution is -0.273. The molecule has 0 aliphatic rings. The minimum absolute atomic E-state index is 2.58. The zero-order valence-electron chi connectivity index (χ0n) is 5.89. The molecule has 0 aromatic heterocycles. The van der Waals surface area contributed by atoms with E-state index in [2.05, 4.69) is 0 Å². The Hall–Kier alpha value is -0.560. The van der Waals surface area contributed by atoms with Gasteiger partial charge in [0, 0.05) is 0 Å². The molecule has 0 nitrogen and oxygen atoms in total. The van der Waals surface area contributed by atoms with E-state index in [0.29, 0.717) is 0 Å². The average molecular weight is 216 g/mol. The van der Waals surface area contributed by atoms with Crippen LogP contribution in [0.3, 0.4) is 0 Å². The summed E-state index contributed by atoms with van der Waals surface area (Å²) in [5.74, 6) is -11.1. The number of hydrogen-bond acceptors (Lipinski definition) is 0. The van der Waals surface area contributed by atoms with Crippen molar-refractivity contribution in [3.05, 3.63) is 0 Å². The summed E-state index contributed by atoms with van der Waals surface area (Å²) in [5.41, 5.74) is 0. The first-order valence-electron chi connectivity index (χ1n) is 2.93. The Kier molecular flexibility index (Phi) is 3.51. The van der Waals surface area contributed by atoms with Crippen LogP contribution in [0, 0.1) is 0 Å². The van der Waals surface area contributed by atoms with Crippen molar-refractivity contribution in [3.8, 4) is 0 Å². The lowest BCUT2D eigenvalue weighted by atomic mass is 10.1. The number of hydrogen-bond donors (Lipinski definition) is 0. The van der Waals surface area contributed by atoms with Crippen LogP contribution in [-0.4, -0.2) is 24.7 Å². The first-order valence-corrected chi connectivity index (χ1v) is 2.93. The van der Waals surface area contributed by atoms with Crippen LogP contribution in [0.5, 0.6) is 0 Å². The van der Waals surface area contributed by atoms with Crippen LogP contribution in [0.4, 0.5) is 35.1 Å². The number of rotatable bonds is 4. The van der Waals surface area contributed by atoms with Gasteiger partial charge in [-0.25, -0.2) is 17.6 Å². The lowest BCUT2D eigenvalue weighted by Gasteiger charge is -2.25. The topological polar surface area (TPSA) is 0 Å². The summed E-state index contributed by atoms with van der Waals surface area (Å²) in [7, 11) is 0. The van der Waals surface area contributed by atoms with Gasteiger partial charge in [0.25, 0.3) is 0 Å². The van der Waals surface area contributed by atoms with E-state index in [0.717, 1.165) is 0 Å². The molecule has 0 aliphatic carbocycles. The molecule has 0 saturated carbocycles. The van der Waals surface area contributed by atoms with Gasteiger partial charge in [0.1, 0.15) is 0 Å². The van der Waals surface area contributed by atoms with E-state index in [1.165, 1.54) is 0 Å². The average Bonchev–Trinajstić information content (AvgIpc) is 1.83. The summed E-state index contributed by atoms with van der Waals surface area (Å²) in [6.45, 7) is 0. The summed E-state index contributed by atoms with van der Waals surface area (Å²) in [6, 6.07) is 0. The molecule has 13 heavy (non-hydrogen) atoms. The molecule has 0 aromatic carbocycles. The van der Waals surface area contributed by atoms with Gasteiger partial charge in [-0.1, -0.05) is 0 Å². The molecule has 0 heterocycles. The second kappa shape index (κ2) is 3.67. The molecule has 0 atom stereocenters. The number of halogens is 8. The van der Waals surface area contributed by atoms with Crippen molar-refractivity contribution in [1.82, 2.24) is 0 Å². The van der Waals surface area contributed by atoms with Gasteiger partial charge < -0.3 is 0 Å². The van der Waals surface area contributed by atoms with Crippen molar-refractivity contribution >= 4 is 0 Å². The molecule has 0 radical (unpaired) electrons. The van der Waals surface area contributed by atoms with Crippen LogP contribution in [0.25, 0.3) is 0 Å². The zero-order chi connectivity index (χ0) is 10.9. The molecular weight excluding hydrogens is 212 g/mol. The number of alkyl halides is 8. The normalized spacial score (nSPS) is 14.3. The molecule has 0 aromatic rings. The maximum absolute atomic E-state index is 12.0. The molecule has 0 unspecified atom stereocenters. The fourth-order valence-electron chi connectivity index (χ4n) is 0.490. The van der Waals surface area contributed by atoms with Crippen molar-refractivity contribution in [2.24, 2.45) is 0 Å². The lowest BCUT2D eigenvalue weighted by Crippen LogP contribution is -2.47. The van der Waals surface area contributed by atoms with Crippen LogP contribution in [0.15, 0.2) is 0 Å². The van der Waals surface area contributed by atoms with E-state index in [4.69, 9.17) is 0 Å². The van der Waals surface area contributed by atoms with Crippen molar-refractivity contribution in [3.63, 3.8) is 0 Å². The first kappa shape index (κ1) is 12.4. The predicted molar refractivity (Wildman–Crippen MR) is 26.5 cm³/mol. The van der Waals surface area contributed by atoms with Gasteiger partial charge in [-0.15, -0.1) is 0 Å². The van der Waals surface area contributed by atoms with Crippen LogP contribution in [0.2, 0.25) is 0 Å². The van der Waals surface area contributed by atoms with Crippen molar-refractivity contribution in [1.29, 1.82) is 0 Å². The third kappa shape index (κ3) is 2.70. The molecule has 0 aliphatic heterocycles. The van der Waals surface area contributed by atoms with Gasteiger partial charge in [-0.3, -0.25) is 0 Å². The molecule has 0 saturated heterocycles. The van der Waals surface area contributed by atoms with E-state index >= 15 is 0 Å². The molecule has 80 valence electrons. The van der Waals surface area contributed by atoms with E-state index in [9.17, 15) is 35.1 Å². The van der Waals surface area contributed by atoms with Crippen LogP contribution >= 0.6 is 0 Å². The summed E-state index contributed by atoms with van der Waals surface area (Å²) >= 11 is 0. The smallest absolute Gasteiger partial charge is 0.210 e. The Labute approximate surface area is 67.5 Å². The molecule has 0 rings (SSSR count). The van der Waals surface area contributed by atoms with Crippen molar-refractivity contribution in [2.75, 3.05) is 0 Å². The molecule has 8 heteroatoms. The van der Waals surface area contributed by atoms with Gasteiger partial charge >= 0.3 is 18.3 Å². The summed E-state index contributed by atoms with van der Waals surface area (Å²) in [6.07, 6.45) is -11.0. The monoisotopic (exact) mass is 216 g/mol. The molecule has 0 N–H and O–H groups in total. The van der Waals surface area contributed by atoms with E-state index < -0.39 is 31.1 Å². The minimum atomic E-state index is -5.72. The van der Waals surface area contributed by atoms with E-state index in [1.807, 2.05) is 0 Å². The molecule has 0 bridgehead atoms. The van der Waals surface area contributed by atoms with Crippen LogP contribution in [-0.2, 0) is 0 Å². The molecular formula is C5H4F8. The summed E-state index contributed by atoms with van der Waals surface area (Å²) in [4.78, 5) is 0. The fourth-order valence-corrected chi connectivity index (χ4v) is 0.490. The van der Waals surface area contributed by atoms with Crippen molar-refractivity contribution in [2.45, 2.75) is 31.1 Å². The Morgan fingerprint density at radius 1 is 0.846 bits per heavy atom. The van der Waals surface area contributed by atoms with Crippen LogP contribution in [0.1, 0.15) is 6.42 Å². The van der Waals surface area contributed by atoms with Gasteiger partial charge in [-0.2, -0.15) is 17.6 Å². The molecule has 0 fully saturated rings. The van der Waals surface area contributed by atoms with Gasteiger partial charge in [0.05, 0.1) is 6.42 Å².